The van der Waals surface area contributed by atoms with Gasteiger partial charge in [0, 0.05) is 13.1 Å². The van der Waals surface area contributed by atoms with Crippen LogP contribution in [0.25, 0.3) is 0 Å². The summed E-state index contributed by atoms with van der Waals surface area (Å²) in [5.74, 6) is 0. The van der Waals surface area contributed by atoms with Gasteiger partial charge >= 0.3 is 12.2 Å². The standard InChI is InChI=1S/C14H14F3N3O/c15-14(16,17)11-4-5-12(10(8-11)9-18)19-13(21)20-6-2-1-3-7-20/h4-5,8H,1-3,6-7H2,(H,19,21). The van der Waals surface area contributed by atoms with Crippen molar-refractivity contribution in [1.82, 2.24) is 4.90 Å². The number of benzene rings is 1. The zero-order valence-corrected chi connectivity index (χ0v) is 11.2. The van der Waals surface area contributed by atoms with Crippen LogP contribution in [0.3, 0.4) is 0 Å². The topological polar surface area (TPSA) is 56.1 Å². The highest BCUT2D eigenvalue weighted by molar-refractivity contribution is 5.91. The second-order valence-corrected chi connectivity index (χ2v) is 4.85. The van der Waals surface area contributed by atoms with Crippen molar-refractivity contribution < 1.29 is 18.0 Å². The molecule has 7 heteroatoms. The number of hydrogen-bond acceptors (Lipinski definition) is 2. The Bertz CT molecular complexity index is 572. The molecular formula is C14H14F3N3O. The smallest absolute Gasteiger partial charge is 0.325 e. The van der Waals surface area contributed by atoms with Crippen molar-refractivity contribution in [3.05, 3.63) is 29.3 Å². The number of rotatable bonds is 1. The lowest BCUT2D eigenvalue weighted by atomic mass is 10.1. The van der Waals surface area contributed by atoms with Crippen LogP contribution >= 0.6 is 0 Å². The molecule has 0 atom stereocenters. The molecule has 2 rings (SSSR count). The predicted octanol–water partition coefficient (Wildman–Crippen LogP) is 3.59. The minimum Gasteiger partial charge on any atom is -0.325 e. The number of hydrogen-bond donors (Lipinski definition) is 1. The van der Waals surface area contributed by atoms with Crippen molar-refractivity contribution in [3.63, 3.8) is 0 Å². The van der Waals surface area contributed by atoms with Gasteiger partial charge in [-0.3, -0.25) is 0 Å². The lowest BCUT2D eigenvalue weighted by molar-refractivity contribution is -0.137. The van der Waals surface area contributed by atoms with Crippen LogP contribution in [-0.2, 0) is 6.18 Å². The molecule has 0 spiro atoms. The average molecular weight is 297 g/mol. The molecule has 0 aromatic heterocycles. The van der Waals surface area contributed by atoms with Crippen LogP contribution in [0.4, 0.5) is 23.7 Å². The van der Waals surface area contributed by atoms with Crippen LogP contribution in [0.15, 0.2) is 18.2 Å². The molecule has 1 N–H and O–H groups in total. The second kappa shape index (κ2) is 6.04. The predicted molar refractivity (Wildman–Crippen MR) is 70.6 cm³/mol. The number of piperidine rings is 1. The van der Waals surface area contributed by atoms with E-state index >= 15 is 0 Å². The molecule has 0 radical (unpaired) electrons. The number of urea groups is 1. The van der Waals surface area contributed by atoms with Crippen LogP contribution in [-0.4, -0.2) is 24.0 Å². The Morgan fingerprint density at radius 3 is 2.48 bits per heavy atom. The summed E-state index contributed by atoms with van der Waals surface area (Å²) in [6.45, 7) is 1.24. The van der Waals surface area contributed by atoms with Gasteiger partial charge in [0.2, 0.25) is 0 Å². The van der Waals surface area contributed by atoms with E-state index in [1.54, 1.807) is 11.0 Å². The maximum atomic E-state index is 12.6. The van der Waals surface area contributed by atoms with Crippen molar-refractivity contribution in [2.45, 2.75) is 25.4 Å². The third-order valence-electron chi connectivity index (χ3n) is 3.35. The Morgan fingerprint density at radius 1 is 1.24 bits per heavy atom. The average Bonchev–Trinajstić information content (AvgIpc) is 2.47. The van der Waals surface area contributed by atoms with E-state index in [0.29, 0.717) is 13.1 Å². The lowest BCUT2D eigenvalue weighted by Gasteiger charge is -2.27. The quantitative estimate of drug-likeness (QED) is 0.861. The van der Waals surface area contributed by atoms with Gasteiger partial charge in [-0.15, -0.1) is 0 Å². The molecule has 4 nitrogen and oxygen atoms in total. The molecule has 0 saturated carbocycles. The third kappa shape index (κ3) is 3.66. The van der Waals surface area contributed by atoms with Crippen molar-refractivity contribution in [1.29, 1.82) is 5.26 Å². The molecule has 1 aliphatic rings. The number of alkyl halides is 3. The molecule has 2 amide bonds. The number of nitrogens with one attached hydrogen (secondary N) is 1. The van der Waals surface area contributed by atoms with Crippen LogP contribution < -0.4 is 5.32 Å². The summed E-state index contributed by atoms with van der Waals surface area (Å²) in [4.78, 5) is 13.6. The largest absolute Gasteiger partial charge is 0.416 e. The van der Waals surface area contributed by atoms with Crippen LogP contribution in [0.1, 0.15) is 30.4 Å². The van der Waals surface area contributed by atoms with Gasteiger partial charge < -0.3 is 10.2 Å². The number of anilines is 1. The normalized spacial score (nSPS) is 15.4. The first-order chi connectivity index (χ1) is 9.91. The molecule has 21 heavy (non-hydrogen) atoms. The SMILES string of the molecule is N#Cc1cc(C(F)(F)F)ccc1NC(=O)N1CCCCC1. The molecule has 0 bridgehead atoms. The zero-order chi connectivity index (χ0) is 15.5. The number of nitrogens with zero attached hydrogens (tertiary/aromatic N) is 2. The first-order valence-corrected chi connectivity index (χ1v) is 6.59. The van der Waals surface area contributed by atoms with Gasteiger partial charge in [-0.25, -0.2) is 4.79 Å². The first kappa shape index (κ1) is 15.2. The zero-order valence-electron chi connectivity index (χ0n) is 11.2. The summed E-state index contributed by atoms with van der Waals surface area (Å²) < 4.78 is 37.8. The maximum absolute atomic E-state index is 12.6. The van der Waals surface area contributed by atoms with E-state index < -0.39 is 11.7 Å². The highest BCUT2D eigenvalue weighted by Gasteiger charge is 2.31. The lowest BCUT2D eigenvalue weighted by Crippen LogP contribution is -2.38. The molecule has 0 unspecified atom stereocenters. The molecule has 1 aliphatic heterocycles. The Labute approximate surface area is 120 Å². The Balaban J connectivity index is 2.16. The van der Waals surface area contributed by atoms with Crippen molar-refractivity contribution >= 4 is 11.7 Å². The molecule has 1 heterocycles. The van der Waals surface area contributed by atoms with E-state index in [9.17, 15) is 18.0 Å². The number of likely N-dealkylation sites (tertiary alicyclic amines) is 1. The summed E-state index contributed by atoms with van der Waals surface area (Å²) in [7, 11) is 0. The summed E-state index contributed by atoms with van der Waals surface area (Å²) in [6, 6.07) is 4.01. The molecule has 1 saturated heterocycles. The van der Waals surface area contributed by atoms with Crippen LogP contribution in [0, 0.1) is 11.3 Å². The minimum absolute atomic E-state index is 0.0982. The summed E-state index contributed by atoms with van der Waals surface area (Å²) >= 11 is 0. The fourth-order valence-electron chi connectivity index (χ4n) is 2.21. The second-order valence-electron chi connectivity index (χ2n) is 4.85. The van der Waals surface area contributed by atoms with Gasteiger partial charge in [0.1, 0.15) is 6.07 Å². The van der Waals surface area contributed by atoms with Crippen molar-refractivity contribution in [2.24, 2.45) is 0 Å². The number of halogens is 3. The Morgan fingerprint density at radius 2 is 1.90 bits per heavy atom. The van der Waals surface area contributed by atoms with Gasteiger partial charge in [0.05, 0.1) is 16.8 Å². The van der Waals surface area contributed by atoms with Gasteiger partial charge in [-0.2, -0.15) is 18.4 Å². The van der Waals surface area contributed by atoms with E-state index in [-0.39, 0.29) is 17.3 Å². The Hall–Kier alpha value is -2.23. The number of amides is 2. The van der Waals surface area contributed by atoms with E-state index in [2.05, 4.69) is 5.32 Å². The van der Waals surface area contributed by atoms with Crippen LogP contribution in [0.2, 0.25) is 0 Å². The molecule has 1 aromatic carbocycles. The van der Waals surface area contributed by atoms with Crippen LogP contribution in [0.5, 0.6) is 0 Å². The fourth-order valence-corrected chi connectivity index (χ4v) is 2.21. The molecule has 1 fully saturated rings. The van der Waals surface area contributed by atoms with E-state index in [4.69, 9.17) is 5.26 Å². The van der Waals surface area contributed by atoms with E-state index in [1.807, 2.05) is 0 Å². The van der Waals surface area contributed by atoms with Gasteiger partial charge in [0.15, 0.2) is 0 Å². The summed E-state index contributed by atoms with van der Waals surface area (Å²) in [6.07, 6.45) is -1.63. The Kier molecular flexibility index (Phi) is 4.36. The van der Waals surface area contributed by atoms with Gasteiger partial charge in [-0.1, -0.05) is 0 Å². The fraction of sp³-hybridized carbons (Fsp3) is 0.429. The monoisotopic (exact) mass is 297 g/mol. The minimum atomic E-state index is -4.51. The molecule has 1 aromatic rings. The van der Waals surface area contributed by atoms with E-state index in [1.165, 1.54) is 0 Å². The van der Waals surface area contributed by atoms with E-state index in [0.717, 1.165) is 37.5 Å². The molecule has 0 aliphatic carbocycles. The van der Waals surface area contributed by atoms with Gasteiger partial charge in [0.25, 0.3) is 0 Å². The molecule has 112 valence electrons. The highest BCUT2D eigenvalue weighted by Crippen LogP contribution is 2.31. The third-order valence-corrected chi connectivity index (χ3v) is 3.35. The number of nitriles is 1. The number of carbonyl (C=O) groups is 1. The first-order valence-electron chi connectivity index (χ1n) is 6.59. The number of carbonyl (C=O) groups excluding carboxylic acids is 1. The summed E-state index contributed by atoms with van der Waals surface area (Å²) in [5, 5.41) is 11.5. The van der Waals surface area contributed by atoms with Crippen molar-refractivity contribution in [3.8, 4) is 6.07 Å². The summed E-state index contributed by atoms with van der Waals surface area (Å²) in [5.41, 5.74) is -1.01. The molecular weight excluding hydrogens is 283 g/mol. The van der Waals surface area contributed by atoms with Crippen molar-refractivity contribution in [2.75, 3.05) is 18.4 Å². The highest BCUT2D eigenvalue weighted by atomic mass is 19.4. The van der Waals surface area contributed by atoms with Gasteiger partial charge in [-0.05, 0) is 37.5 Å². The maximum Gasteiger partial charge on any atom is 0.416 e.